The summed E-state index contributed by atoms with van der Waals surface area (Å²) in [5.74, 6) is -0.184. The maximum atomic E-state index is 12.1. The van der Waals surface area contributed by atoms with Crippen molar-refractivity contribution in [3.8, 4) is 0 Å². The van der Waals surface area contributed by atoms with Crippen molar-refractivity contribution in [2.75, 3.05) is 7.05 Å². The zero-order valence-electron chi connectivity index (χ0n) is 9.15. The third-order valence-corrected chi connectivity index (χ3v) is 5.54. The molecule has 1 atom stereocenters. The number of amides is 1. The predicted octanol–water partition coefficient (Wildman–Crippen LogP) is 2.48. The van der Waals surface area contributed by atoms with E-state index < -0.39 is 6.04 Å². The number of oxime groups is 1. The molecule has 5 nitrogen and oxygen atoms in total. The van der Waals surface area contributed by atoms with Crippen molar-refractivity contribution >= 4 is 54.9 Å². The van der Waals surface area contributed by atoms with E-state index in [-0.39, 0.29) is 11.7 Å². The van der Waals surface area contributed by atoms with E-state index in [9.17, 15) is 4.79 Å². The summed E-state index contributed by atoms with van der Waals surface area (Å²) in [6.45, 7) is 1.69. The zero-order chi connectivity index (χ0) is 13.2. The van der Waals surface area contributed by atoms with Gasteiger partial charge in [0.1, 0.15) is 0 Å². The number of hydrogen-bond donors (Lipinski definition) is 2. The van der Waals surface area contributed by atoms with Crippen molar-refractivity contribution in [1.29, 1.82) is 0 Å². The molecule has 0 aliphatic heterocycles. The third-order valence-electron chi connectivity index (χ3n) is 2.30. The number of carbonyl (C=O) groups excluding carboxylic acids is 1. The van der Waals surface area contributed by atoms with Gasteiger partial charge >= 0.3 is 0 Å². The topological polar surface area (TPSA) is 78.9 Å². The fourth-order valence-electron chi connectivity index (χ4n) is 1.08. The van der Waals surface area contributed by atoms with Crippen LogP contribution in [0.15, 0.2) is 19.5 Å². The van der Waals surface area contributed by atoms with Crippen LogP contribution in [0.4, 0.5) is 0 Å². The molecule has 0 spiro atoms. The smallest absolute Gasteiger partial charge is 0.264 e. The van der Waals surface area contributed by atoms with Crippen LogP contribution in [-0.4, -0.2) is 34.9 Å². The second-order valence-corrected chi connectivity index (χ2v) is 6.57. The summed E-state index contributed by atoms with van der Waals surface area (Å²) in [6, 6.07) is 1.26. The maximum absolute atomic E-state index is 12.1. The number of halogens is 2. The van der Waals surface area contributed by atoms with Crippen LogP contribution in [0, 0.1) is 0 Å². The fourth-order valence-corrected chi connectivity index (χ4v) is 3.10. The van der Waals surface area contributed by atoms with Gasteiger partial charge in [0, 0.05) is 11.5 Å². The normalized spacial score (nSPS) is 13.5. The number of nitrogens with two attached hydrogens (primary N) is 1. The second-order valence-electron chi connectivity index (χ2n) is 3.35. The van der Waals surface area contributed by atoms with Crippen molar-refractivity contribution < 1.29 is 10.0 Å². The lowest BCUT2D eigenvalue weighted by atomic mass is 10.2. The average Bonchev–Trinajstić information content (AvgIpc) is 2.65. The van der Waals surface area contributed by atoms with Gasteiger partial charge in [-0.1, -0.05) is 5.16 Å². The van der Waals surface area contributed by atoms with Crippen molar-refractivity contribution in [1.82, 2.24) is 4.90 Å². The molecule has 0 saturated carbocycles. The molecule has 0 aromatic carbocycles. The molecular formula is C9H11Br2N3O2S. The van der Waals surface area contributed by atoms with E-state index in [2.05, 4.69) is 37.0 Å². The largest absolute Gasteiger partial charge is 0.409 e. The van der Waals surface area contributed by atoms with Gasteiger partial charge in [-0.25, -0.2) is 0 Å². The Kier molecular flexibility index (Phi) is 4.96. The Morgan fingerprint density at radius 2 is 2.24 bits per heavy atom. The number of carbonyl (C=O) groups is 1. The summed E-state index contributed by atoms with van der Waals surface area (Å²) in [5, 5.41) is 11.5. The van der Waals surface area contributed by atoms with Crippen molar-refractivity contribution in [3.05, 3.63) is 19.2 Å². The molecule has 0 radical (unpaired) electrons. The highest BCUT2D eigenvalue weighted by molar-refractivity contribution is 9.13. The summed E-state index contributed by atoms with van der Waals surface area (Å²) in [4.78, 5) is 14.1. The number of likely N-dealkylation sites (N-methyl/N-ethyl adjacent to an activating group) is 1. The number of amidine groups is 1. The summed E-state index contributed by atoms with van der Waals surface area (Å²) in [7, 11) is 1.60. The molecule has 1 aromatic heterocycles. The summed E-state index contributed by atoms with van der Waals surface area (Å²) in [6.07, 6.45) is 0. The molecule has 1 rings (SSSR count). The molecule has 0 fully saturated rings. The van der Waals surface area contributed by atoms with Gasteiger partial charge in [-0.2, -0.15) is 0 Å². The van der Waals surface area contributed by atoms with Crippen LogP contribution in [0.3, 0.4) is 0 Å². The average molecular weight is 385 g/mol. The van der Waals surface area contributed by atoms with Gasteiger partial charge in [0.05, 0.1) is 14.7 Å². The Morgan fingerprint density at radius 3 is 2.65 bits per heavy atom. The highest BCUT2D eigenvalue weighted by atomic mass is 79.9. The molecule has 1 amide bonds. The van der Waals surface area contributed by atoms with Crippen LogP contribution in [0.5, 0.6) is 0 Å². The SMILES string of the molecule is CC(C(N)=NO)N(C)C(=O)c1cc(Br)c(Br)s1. The van der Waals surface area contributed by atoms with Crippen molar-refractivity contribution in [2.24, 2.45) is 10.9 Å². The Bertz CT molecular complexity index is 442. The van der Waals surface area contributed by atoms with Crippen LogP contribution in [0.25, 0.3) is 0 Å². The number of hydrogen-bond acceptors (Lipinski definition) is 4. The molecule has 17 heavy (non-hydrogen) atoms. The Hall–Kier alpha value is -0.600. The molecule has 1 unspecified atom stereocenters. The Balaban J connectivity index is 2.90. The monoisotopic (exact) mass is 383 g/mol. The lowest BCUT2D eigenvalue weighted by molar-refractivity contribution is 0.0781. The fraction of sp³-hybridized carbons (Fsp3) is 0.333. The first-order valence-electron chi connectivity index (χ1n) is 4.58. The van der Waals surface area contributed by atoms with E-state index >= 15 is 0 Å². The number of rotatable bonds is 3. The highest BCUT2D eigenvalue weighted by Gasteiger charge is 2.22. The molecule has 0 aliphatic carbocycles. The Morgan fingerprint density at radius 1 is 1.65 bits per heavy atom. The van der Waals surface area contributed by atoms with Gasteiger partial charge in [-0.15, -0.1) is 11.3 Å². The molecular weight excluding hydrogens is 374 g/mol. The van der Waals surface area contributed by atoms with Gasteiger partial charge in [0.25, 0.3) is 5.91 Å². The minimum Gasteiger partial charge on any atom is -0.409 e. The molecule has 8 heteroatoms. The number of thiophene rings is 1. The summed E-state index contributed by atoms with van der Waals surface area (Å²) < 4.78 is 1.68. The summed E-state index contributed by atoms with van der Waals surface area (Å²) in [5.41, 5.74) is 5.46. The predicted molar refractivity (Wildman–Crippen MR) is 74.7 cm³/mol. The molecule has 1 aromatic rings. The third kappa shape index (κ3) is 3.20. The molecule has 0 bridgehead atoms. The standard InChI is InChI=1S/C9H11Br2N3O2S/c1-4(8(12)13-16)14(2)9(15)6-3-5(10)7(11)17-6/h3-4,16H,1-2H3,(H2,12,13). The lowest BCUT2D eigenvalue weighted by Crippen LogP contribution is -2.43. The molecule has 1 heterocycles. The van der Waals surface area contributed by atoms with E-state index in [1.165, 1.54) is 16.2 Å². The quantitative estimate of drug-likeness (QED) is 0.363. The zero-order valence-corrected chi connectivity index (χ0v) is 13.1. The van der Waals surface area contributed by atoms with E-state index in [4.69, 9.17) is 10.9 Å². The second kappa shape index (κ2) is 5.83. The van der Waals surface area contributed by atoms with Crippen LogP contribution in [-0.2, 0) is 0 Å². The van der Waals surface area contributed by atoms with E-state index in [1.807, 2.05) is 0 Å². The van der Waals surface area contributed by atoms with Crippen molar-refractivity contribution in [3.63, 3.8) is 0 Å². The van der Waals surface area contributed by atoms with Crippen LogP contribution in [0.1, 0.15) is 16.6 Å². The van der Waals surface area contributed by atoms with Crippen LogP contribution >= 0.6 is 43.2 Å². The summed E-state index contributed by atoms with van der Waals surface area (Å²) >= 11 is 7.97. The molecule has 94 valence electrons. The van der Waals surface area contributed by atoms with E-state index in [1.54, 1.807) is 20.0 Å². The van der Waals surface area contributed by atoms with E-state index in [0.717, 1.165) is 8.26 Å². The lowest BCUT2D eigenvalue weighted by Gasteiger charge is -2.22. The first-order valence-corrected chi connectivity index (χ1v) is 6.98. The van der Waals surface area contributed by atoms with Gasteiger partial charge in [0.15, 0.2) is 5.84 Å². The van der Waals surface area contributed by atoms with Gasteiger partial charge in [-0.05, 0) is 44.8 Å². The maximum Gasteiger partial charge on any atom is 0.264 e. The molecule has 3 N–H and O–H groups in total. The van der Waals surface area contributed by atoms with Crippen molar-refractivity contribution in [2.45, 2.75) is 13.0 Å². The first-order chi connectivity index (χ1) is 7.88. The first kappa shape index (κ1) is 14.5. The number of nitrogens with zero attached hydrogens (tertiary/aromatic N) is 2. The minimum absolute atomic E-state index is 0.00413. The molecule has 0 saturated heterocycles. The van der Waals surface area contributed by atoms with Crippen LogP contribution in [0.2, 0.25) is 0 Å². The van der Waals surface area contributed by atoms with Gasteiger partial charge in [-0.3, -0.25) is 4.79 Å². The highest BCUT2D eigenvalue weighted by Crippen LogP contribution is 2.33. The Labute approximate surface area is 120 Å². The van der Waals surface area contributed by atoms with Gasteiger partial charge in [0.2, 0.25) is 0 Å². The minimum atomic E-state index is -0.466. The molecule has 0 aliphatic rings. The van der Waals surface area contributed by atoms with Crippen LogP contribution < -0.4 is 5.73 Å². The van der Waals surface area contributed by atoms with Gasteiger partial charge < -0.3 is 15.8 Å². The van der Waals surface area contributed by atoms with E-state index in [0.29, 0.717) is 4.88 Å².